The summed E-state index contributed by atoms with van der Waals surface area (Å²) in [6, 6.07) is 36.9. The maximum Gasteiger partial charge on any atom is 2.00 e. The molecule has 0 aliphatic carbocycles. The first kappa shape index (κ1) is 24.7. The largest absolute Gasteiger partial charge is 2.00 e. The van der Waals surface area contributed by atoms with Crippen molar-refractivity contribution in [2.45, 2.75) is 4.34 Å². The summed E-state index contributed by atoms with van der Waals surface area (Å²) in [5.41, 5.74) is 4.73. The van der Waals surface area contributed by atoms with E-state index in [1.54, 1.807) is 11.3 Å². The molecule has 4 aromatic carbocycles. The van der Waals surface area contributed by atoms with E-state index in [1.165, 1.54) is 4.70 Å². The van der Waals surface area contributed by atoms with Crippen molar-refractivity contribution in [2.24, 2.45) is 9.98 Å². The van der Waals surface area contributed by atoms with E-state index < -0.39 is 0 Å². The van der Waals surface area contributed by atoms with Crippen molar-refractivity contribution in [1.82, 2.24) is 4.98 Å². The number of para-hydroxylation sites is 3. The maximum atomic E-state index is 4.92. The predicted octanol–water partition coefficient (Wildman–Crippen LogP) is 7.19. The van der Waals surface area contributed by atoms with Gasteiger partial charge in [-0.3, -0.25) is 15.0 Å². The van der Waals surface area contributed by atoms with Gasteiger partial charge >= 0.3 is 21.1 Å². The Morgan fingerprint density at radius 1 is 0.667 bits per heavy atom. The Labute approximate surface area is 217 Å². The summed E-state index contributed by atoms with van der Waals surface area (Å²) in [4.78, 5) is 13.0. The van der Waals surface area contributed by atoms with Gasteiger partial charge in [0, 0.05) is 0 Å². The summed E-state index contributed by atoms with van der Waals surface area (Å²) in [5.74, 6) is 0. The number of hydrogen-bond donors (Lipinski definition) is 0. The molecule has 0 saturated carbocycles. The molecule has 0 saturated heterocycles. The van der Waals surface area contributed by atoms with E-state index >= 15 is 0 Å². The van der Waals surface area contributed by atoms with Crippen LogP contribution in [0.4, 0.5) is 11.4 Å². The fourth-order valence-corrected chi connectivity index (χ4v) is 3.89. The molecule has 5 rings (SSSR count). The molecule has 0 bridgehead atoms. The van der Waals surface area contributed by atoms with Crippen LogP contribution in [0, 0.1) is 6.07 Å². The fourth-order valence-electron chi connectivity index (χ4n) is 2.82. The van der Waals surface area contributed by atoms with Gasteiger partial charge in [-0.2, -0.15) is 0 Å². The summed E-state index contributed by atoms with van der Waals surface area (Å²) in [5, 5.41) is 0. The molecule has 0 fully saturated rings. The van der Waals surface area contributed by atoms with Crippen molar-refractivity contribution >= 4 is 58.0 Å². The predicted molar refractivity (Wildman–Crippen MR) is 138 cm³/mol. The van der Waals surface area contributed by atoms with Crippen molar-refractivity contribution in [3.8, 4) is 0 Å². The summed E-state index contributed by atoms with van der Waals surface area (Å²) in [7, 11) is 0. The first-order chi connectivity index (χ1) is 15.8. The van der Waals surface area contributed by atoms with Crippen LogP contribution in [0.3, 0.4) is 0 Å². The Morgan fingerprint density at radius 3 is 1.73 bits per heavy atom. The summed E-state index contributed by atoms with van der Waals surface area (Å²) < 4.78 is 1.90. The number of aliphatic imine (C=N–C) groups is 2. The Hall–Kier alpha value is -2.98. The second kappa shape index (κ2) is 12.9. The fraction of sp³-hybridized carbons (Fsp3) is 0. The van der Waals surface area contributed by atoms with Crippen molar-refractivity contribution < 1.29 is 21.1 Å². The van der Waals surface area contributed by atoms with Gasteiger partial charge < -0.3 is 24.0 Å². The number of rotatable bonds is 4. The van der Waals surface area contributed by atoms with Gasteiger partial charge in [0.1, 0.15) is 0 Å². The number of benzene rings is 4. The first-order valence-electron chi connectivity index (χ1n) is 9.99. The van der Waals surface area contributed by atoms with Gasteiger partial charge in [0.2, 0.25) is 0 Å². The molecule has 1 aromatic heterocycles. The third-order valence-electron chi connectivity index (χ3n) is 4.33. The van der Waals surface area contributed by atoms with Gasteiger partial charge in [-0.25, -0.2) is 0 Å². The maximum absolute atomic E-state index is 4.92. The van der Waals surface area contributed by atoms with Gasteiger partial charge in [0.25, 0.3) is 0 Å². The van der Waals surface area contributed by atoms with Crippen molar-refractivity contribution in [1.29, 1.82) is 0 Å². The topological polar surface area (TPSA) is 37.6 Å². The molecule has 6 heteroatoms. The molecule has 1 heterocycles. The second-order valence-electron chi connectivity index (χ2n) is 6.70. The van der Waals surface area contributed by atoms with Gasteiger partial charge in [-0.1, -0.05) is 54.6 Å². The molecule has 5 aromatic rings. The Kier molecular flexibility index (Phi) is 9.64. The molecule has 33 heavy (non-hydrogen) atoms. The second-order valence-corrected chi connectivity index (χ2v) is 8.37. The average Bonchev–Trinajstić information content (AvgIpc) is 3.24. The van der Waals surface area contributed by atoms with E-state index in [9.17, 15) is 0 Å². The summed E-state index contributed by atoms with van der Waals surface area (Å²) >= 11 is 6.48. The minimum absolute atomic E-state index is 0. The third kappa shape index (κ3) is 7.83. The van der Waals surface area contributed by atoms with E-state index in [0.29, 0.717) is 0 Å². The van der Waals surface area contributed by atoms with E-state index in [1.807, 2.05) is 116 Å². The normalized spacial score (nSPS) is 10.7. The zero-order chi connectivity index (χ0) is 22.0. The molecule has 0 radical (unpaired) electrons. The smallest absolute Gasteiger partial charge is 0.408 e. The zero-order valence-electron chi connectivity index (χ0n) is 17.4. The minimum atomic E-state index is 0. The average molecular weight is 645 g/mol. The summed E-state index contributed by atoms with van der Waals surface area (Å²) in [6.07, 6.45) is 3.63. The number of hydrogen-bond acceptors (Lipinski definition) is 5. The molecule has 0 aliphatic heterocycles. The van der Waals surface area contributed by atoms with Crippen molar-refractivity contribution in [2.75, 3.05) is 0 Å². The van der Waals surface area contributed by atoms with Crippen LogP contribution in [0.5, 0.6) is 0 Å². The van der Waals surface area contributed by atoms with Crippen LogP contribution in [0.25, 0.3) is 10.2 Å². The summed E-state index contributed by atoms with van der Waals surface area (Å²) in [6.45, 7) is 0. The van der Waals surface area contributed by atoms with Crippen LogP contribution >= 0.6 is 11.3 Å². The molecule has 0 amide bonds. The molecule has 0 N–H and O–H groups in total. The monoisotopic (exact) mass is 644 g/mol. The van der Waals surface area contributed by atoms with Gasteiger partial charge in [0.05, 0.1) is 16.9 Å². The van der Waals surface area contributed by atoms with Crippen LogP contribution in [0.1, 0.15) is 11.1 Å². The number of fused-ring (bicyclic) bond motifs is 1. The van der Waals surface area contributed by atoms with Gasteiger partial charge in [-0.05, 0) is 51.8 Å². The van der Waals surface area contributed by atoms with Gasteiger partial charge in [-0.15, -0.1) is 35.4 Å². The molecule has 164 valence electrons. The molecule has 0 aliphatic rings. The molecule has 0 unspecified atom stereocenters. The zero-order valence-corrected chi connectivity index (χ0v) is 21.3. The van der Waals surface area contributed by atoms with Crippen LogP contribution in [0.2, 0.25) is 0 Å². The molecule has 0 atom stereocenters. The van der Waals surface area contributed by atoms with Crippen LogP contribution in [-0.4, -0.2) is 17.4 Å². The SMILES string of the molecule is [Pt+2].[S-]c1nc2ccccc2s1.[c-]1c(C=Nc2ccccc2)cccc1C=Nc1ccccc1. The van der Waals surface area contributed by atoms with E-state index in [4.69, 9.17) is 12.6 Å². The first-order valence-corrected chi connectivity index (χ1v) is 11.2. The van der Waals surface area contributed by atoms with Crippen LogP contribution < -0.4 is 0 Å². The number of thiazole rings is 1. The van der Waals surface area contributed by atoms with Crippen molar-refractivity contribution in [3.05, 3.63) is 120 Å². The van der Waals surface area contributed by atoms with Crippen LogP contribution in [0.15, 0.2) is 117 Å². The molecule has 3 nitrogen and oxygen atoms in total. The Bertz CT molecular complexity index is 1240. The van der Waals surface area contributed by atoms with Crippen LogP contribution in [-0.2, 0) is 33.7 Å². The standard InChI is InChI=1S/C20H15N2.C7H5NS2.Pt/c1-3-10-19(11-4-1)21-15-17-8-7-9-18(14-17)16-22-20-12-5-2-6-13-20;9-7-8-5-3-1-2-4-6(5)10-7;/h1-13,15-16H;1-4H,(H,8,9);/q-1;;+2/p-1. The van der Waals surface area contributed by atoms with E-state index in [0.717, 1.165) is 32.4 Å². The van der Waals surface area contributed by atoms with Gasteiger partial charge in [0.15, 0.2) is 0 Å². The Morgan fingerprint density at radius 2 is 1.18 bits per heavy atom. The van der Waals surface area contributed by atoms with Crippen molar-refractivity contribution in [3.63, 3.8) is 0 Å². The minimum Gasteiger partial charge on any atom is -0.408 e. The Balaban J connectivity index is 0.000000233. The van der Waals surface area contributed by atoms with E-state index in [-0.39, 0.29) is 21.1 Å². The van der Waals surface area contributed by atoms with E-state index in [2.05, 4.69) is 21.0 Å². The quantitative estimate of drug-likeness (QED) is 0.118. The molecule has 0 spiro atoms. The molecular formula is C27H19N3PtS2. The third-order valence-corrected chi connectivity index (χ3v) is 5.50. The number of aromatic nitrogens is 1. The molecular weight excluding hydrogens is 626 g/mol. The number of nitrogens with zero attached hydrogens (tertiary/aromatic N) is 3.